The van der Waals surface area contributed by atoms with Crippen LogP contribution in [-0.2, 0) is 9.59 Å². The Labute approximate surface area is 114 Å². The predicted octanol–water partition coefficient (Wildman–Crippen LogP) is 0.665. The molecule has 2 amide bonds. The quantitative estimate of drug-likeness (QED) is 0.787. The average molecular weight is 268 g/mol. The van der Waals surface area contributed by atoms with Crippen molar-refractivity contribution in [3.63, 3.8) is 0 Å². The number of rotatable bonds is 4. The third-order valence-corrected chi connectivity index (χ3v) is 4.21. The topological polar surface area (TPSA) is 69.6 Å². The molecule has 2 rings (SSSR count). The molecular formula is C14H24N2O3. The standard InChI is InChI=1S/C14H24N2O3/c1-10(9-17)15-13(18)12-7-4-8-16(12)14(19)11-5-2-3-6-11/h10-12,17H,2-9H2,1H3,(H,15,18). The van der Waals surface area contributed by atoms with Crippen molar-refractivity contribution in [2.24, 2.45) is 5.92 Å². The smallest absolute Gasteiger partial charge is 0.243 e. The van der Waals surface area contributed by atoms with Gasteiger partial charge in [0.25, 0.3) is 0 Å². The number of aliphatic hydroxyl groups is 1. The van der Waals surface area contributed by atoms with Crippen LogP contribution in [0.25, 0.3) is 0 Å². The van der Waals surface area contributed by atoms with E-state index in [0.717, 1.165) is 38.5 Å². The van der Waals surface area contributed by atoms with Crippen LogP contribution in [0.1, 0.15) is 45.4 Å². The van der Waals surface area contributed by atoms with Crippen LogP contribution in [0.4, 0.5) is 0 Å². The van der Waals surface area contributed by atoms with Crippen molar-refractivity contribution in [3.05, 3.63) is 0 Å². The number of carbonyl (C=O) groups excluding carboxylic acids is 2. The molecule has 19 heavy (non-hydrogen) atoms. The molecule has 2 unspecified atom stereocenters. The first-order valence-electron chi connectivity index (χ1n) is 7.35. The molecule has 5 nitrogen and oxygen atoms in total. The van der Waals surface area contributed by atoms with Gasteiger partial charge in [0, 0.05) is 18.5 Å². The van der Waals surface area contributed by atoms with E-state index in [0.29, 0.717) is 6.54 Å². The van der Waals surface area contributed by atoms with Crippen LogP contribution in [0.2, 0.25) is 0 Å². The molecule has 1 aliphatic carbocycles. The Kier molecular flexibility index (Phi) is 4.80. The molecule has 2 fully saturated rings. The SMILES string of the molecule is CC(CO)NC(=O)C1CCCN1C(=O)C1CCCC1. The largest absolute Gasteiger partial charge is 0.394 e. The van der Waals surface area contributed by atoms with Gasteiger partial charge in [-0.15, -0.1) is 0 Å². The van der Waals surface area contributed by atoms with Gasteiger partial charge >= 0.3 is 0 Å². The van der Waals surface area contributed by atoms with Gasteiger partial charge in [-0.25, -0.2) is 0 Å². The predicted molar refractivity (Wildman–Crippen MR) is 71.4 cm³/mol. The summed E-state index contributed by atoms with van der Waals surface area (Å²) in [4.78, 5) is 26.3. The summed E-state index contributed by atoms with van der Waals surface area (Å²) in [5, 5.41) is 11.7. The lowest BCUT2D eigenvalue weighted by atomic mass is 10.1. The van der Waals surface area contributed by atoms with Crippen molar-refractivity contribution in [1.29, 1.82) is 0 Å². The number of aliphatic hydroxyl groups excluding tert-OH is 1. The fraction of sp³-hybridized carbons (Fsp3) is 0.857. The highest BCUT2D eigenvalue weighted by molar-refractivity contribution is 5.89. The second-order valence-corrected chi connectivity index (χ2v) is 5.76. The molecule has 1 saturated heterocycles. The van der Waals surface area contributed by atoms with Gasteiger partial charge in [-0.1, -0.05) is 12.8 Å². The number of nitrogens with one attached hydrogen (secondary N) is 1. The van der Waals surface area contributed by atoms with Crippen LogP contribution in [-0.4, -0.2) is 47.1 Å². The van der Waals surface area contributed by atoms with E-state index in [4.69, 9.17) is 5.11 Å². The summed E-state index contributed by atoms with van der Waals surface area (Å²) in [5.41, 5.74) is 0. The first kappa shape index (κ1) is 14.3. The molecule has 0 spiro atoms. The Morgan fingerprint density at radius 2 is 1.95 bits per heavy atom. The lowest BCUT2D eigenvalue weighted by molar-refractivity contribution is -0.141. The number of likely N-dealkylation sites (tertiary alicyclic amines) is 1. The summed E-state index contributed by atoms with van der Waals surface area (Å²) in [6.45, 7) is 2.38. The highest BCUT2D eigenvalue weighted by Crippen LogP contribution is 2.29. The van der Waals surface area contributed by atoms with Crippen LogP contribution in [0.3, 0.4) is 0 Å². The van der Waals surface area contributed by atoms with Crippen LogP contribution in [0.5, 0.6) is 0 Å². The zero-order valence-corrected chi connectivity index (χ0v) is 11.6. The molecule has 0 aromatic rings. The number of hydrogen-bond donors (Lipinski definition) is 2. The molecule has 2 atom stereocenters. The Hall–Kier alpha value is -1.10. The molecule has 2 N–H and O–H groups in total. The Bertz CT molecular complexity index is 340. The minimum atomic E-state index is -0.331. The van der Waals surface area contributed by atoms with Gasteiger partial charge in [0.1, 0.15) is 6.04 Å². The lowest BCUT2D eigenvalue weighted by Gasteiger charge is -2.27. The first-order valence-corrected chi connectivity index (χ1v) is 7.35. The van der Waals surface area contributed by atoms with Crippen LogP contribution in [0.15, 0.2) is 0 Å². The number of nitrogens with zero attached hydrogens (tertiary/aromatic N) is 1. The molecule has 5 heteroatoms. The maximum absolute atomic E-state index is 12.4. The fourth-order valence-electron chi connectivity index (χ4n) is 3.10. The van der Waals surface area contributed by atoms with Gasteiger partial charge in [-0.2, -0.15) is 0 Å². The molecule has 0 bridgehead atoms. The van der Waals surface area contributed by atoms with Gasteiger partial charge in [0.15, 0.2) is 0 Å². The van der Waals surface area contributed by atoms with E-state index in [1.54, 1.807) is 11.8 Å². The maximum atomic E-state index is 12.4. The number of amides is 2. The fourth-order valence-corrected chi connectivity index (χ4v) is 3.10. The summed E-state index contributed by atoms with van der Waals surface area (Å²) in [6.07, 6.45) is 5.82. The van der Waals surface area contributed by atoms with Gasteiger partial charge < -0.3 is 15.3 Å². The third-order valence-electron chi connectivity index (χ3n) is 4.21. The molecule has 108 valence electrons. The molecule has 2 aliphatic rings. The highest BCUT2D eigenvalue weighted by atomic mass is 16.3. The van der Waals surface area contributed by atoms with Crippen LogP contribution >= 0.6 is 0 Å². The maximum Gasteiger partial charge on any atom is 0.243 e. The summed E-state index contributed by atoms with van der Waals surface area (Å²) < 4.78 is 0. The number of carbonyl (C=O) groups is 2. The third kappa shape index (κ3) is 3.26. The van der Waals surface area contributed by atoms with Crippen LogP contribution in [0, 0.1) is 5.92 Å². The minimum Gasteiger partial charge on any atom is -0.394 e. The zero-order valence-electron chi connectivity index (χ0n) is 11.6. The van der Waals surface area contributed by atoms with E-state index in [2.05, 4.69) is 5.32 Å². The average Bonchev–Trinajstić information content (AvgIpc) is 3.08. The van der Waals surface area contributed by atoms with Gasteiger partial charge in [-0.3, -0.25) is 9.59 Å². The molecule has 0 aromatic carbocycles. The first-order chi connectivity index (χ1) is 9.13. The van der Waals surface area contributed by atoms with Gasteiger partial charge in [0.05, 0.1) is 6.61 Å². The van der Waals surface area contributed by atoms with Crippen molar-refractivity contribution < 1.29 is 14.7 Å². The van der Waals surface area contributed by atoms with E-state index in [1.807, 2.05) is 0 Å². The van der Waals surface area contributed by atoms with Crippen molar-refractivity contribution in [2.75, 3.05) is 13.2 Å². The highest BCUT2D eigenvalue weighted by Gasteiger charge is 2.37. The second kappa shape index (κ2) is 6.37. The van der Waals surface area contributed by atoms with Crippen molar-refractivity contribution >= 4 is 11.8 Å². The molecular weight excluding hydrogens is 244 g/mol. The summed E-state index contributed by atoms with van der Waals surface area (Å²) >= 11 is 0. The molecule has 1 aliphatic heterocycles. The second-order valence-electron chi connectivity index (χ2n) is 5.76. The van der Waals surface area contributed by atoms with Crippen molar-refractivity contribution in [3.8, 4) is 0 Å². The van der Waals surface area contributed by atoms with E-state index in [1.165, 1.54) is 0 Å². The van der Waals surface area contributed by atoms with Gasteiger partial charge in [-0.05, 0) is 32.6 Å². The van der Waals surface area contributed by atoms with E-state index in [9.17, 15) is 9.59 Å². The summed E-state index contributed by atoms with van der Waals surface area (Å²) in [5.74, 6) is 0.167. The number of hydrogen-bond acceptors (Lipinski definition) is 3. The molecule has 0 radical (unpaired) electrons. The van der Waals surface area contributed by atoms with E-state index < -0.39 is 0 Å². The van der Waals surface area contributed by atoms with Crippen LogP contribution < -0.4 is 5.32 Å². The van der Waals surface area contributed by atoms with E-state index >= 15 is 0 Å². The van der Waals surface area contributed by atoms with Gasteiger partial charge in [0.2, 0.25) is 11.8 Å². The zero-order chi connectivity index (χ0) is 13.8. The summed E-state index contributed by atoms with van der Waals surface area (Å²) in [7, 11) is 0. The minimum absolute atomic E-state index is 0.0744. The van der Waals surface area contributed by atoms with E-state index in [-0.39, 0.29) is 36.4 Å². The Balaban J connectivity index is 1.95. The van der Waals surface area contributed by atoms with Crippen molar-refractivity contribution in [2.45, 2.75) is 57.5 Å². The summed E-state index contributed by atoms with van der Waals surface area (Å²) in [6, 6.07) is -0.585. The lowest BCUT2D eigenvalue weighted by Crippen LogP contribution is -2.50. The molecule has 1 saturated carbocycles. The van der Waals surface area contributed by atoms with Crippen molar-refractivity contribution in [1.82, 2.24) is 10.2 Å². The Morgan fingerprint density at radius 1 is 1.26 bits per heavy atom. The molecule has 1 heterocycles. The molecule has 0 aromatic heterocycles. The monoisotopic (exact) mass is 268 g/mol. The Morgan fingerprint density at radius 3 is 2.58 bits per heavy atom. The normalized spacial score (nSPS) is 25.6.